The van der Waals surface area contributed by atoms with Crippen LogP contribution in [0.1, 0.15) is 36.5 Å². The Morgan fingerprint density at radius 2 is 1.90 bits per heavy atom. The van der Waals surface area contributed by atoms with Crippen LogP contribution in [0.5, 0.6) is 0 Å². The first-order valence-corrected chi connectivity index (χ1v) is 7.11. The van der Waals surface area contributed by atoms with E-state index in [1.54, 1.807) is 24.3 Å². The van der Waals surface area contributed by atoms with Gasteiger partial charge in [0, 0.05) is 17.5 Å². The maximum atomic E-state index is 13.7. The van der Waals surface area contributed by atoms with Crippen LogP contribution in [0.4, 0.5) is 4.39 Å². The highest BCUT2D eigenvalue weighted by Crippen LogP contribution is 2.47. The van der Waals surface area contributed by atoms with Crippen molar-refractivity contribution in [3.8, 4) is 0 Å². The maximum Gasteiger partial charge on any atom is 0.251 e. The van der Waals surface area contributed by atoms with Gasteiger partial charge < -0.3 is 5.32 Å². The van der Waals surface area contributed by atoms with Gasteiger partial charge in [-0.05, 0) is 42.2 Å². The molecular formula is C17H18FNO. The molecule has 1 fully saturated rings. The fraction of sp³-hybridized carbons (Fsp3) is 0.353. The van der Waals surface area contributed by atoms with Gasteiger partial charge in [0.2, 0.25) is 0 Å². The van der Waals surface area contributed by atoms with Crippen LogP contribution < -0.4 is 5.32 Å². The van der Waals surface area contributed by atoms with Gasteiger partial charge in [0.1, 0.15) is 5.82 Å². The summed E-state index contributed by atoms with van der Waals surface area (Å²) in [5.41, 5.74) is 0.861. The first kappa shape index (κ1) is 13.1. The lowest BCUT2D eigenvalue weighted by molar-refractivity contribution is 0.0946. The number of carbonyl (C=O) groups excluding carboxylic acids is 1. The number of halogens is 1. The van der Waals surface area contributed by atoms with E-state index in [0.717, 1.165) is 6.42 Å². The normalized spacial score (nSPS) is 16.1. The molecule has 0 saturated heterocycles. The predicted molar refractivity (Wildman–Crippen MR) is 78.2 cm³/mol. The van der Waals surface area contributed by atoms with Crippen LogP contribution in [-0.4, -0.2) is 12.5 Å². The van der Waals surface area contributed by atoms with Crippen molar-refractivity contribution in [2.24, 2.45) is 5.41 Å². The standard InChI is InChI=1S/C17H18FNO/c1-2-17(9-10-17)11-19-16(20)14-7-8-15(18)13-6-4-3-5-12(13)14/h3-8H,2,9-11H2,1H3,(H,19,20). The maximum absolute atomic E-state index is 13.7. The van der Waals surface area contributed by atoms with Gasteiger partial charge >= 0.3 is 0 Å². The lowest BCUT2D eigenvalue weighted by Gasteiger charge is -2.14. The van der Waals surface area contributed by atoms with Crippen molar-refractivity contribution in [3.63, 3.8) is 0 Å². The Bertz CT molecular complexity index is 661. The zero-order valence-electron chi connectivity index (χ0n) is 11.6. The molecule has 0 atom stereocenters. The van der Waals surface area contributed by atoms with Gasteiger partial charge in [-0.25, -0.2) is 4.39 Å². The number of hydrogen-bond acceptors (Lipinski definition) is 1. The van der Waals surface area contributed by atoms with Crippen molar-refractivity contribution in [2.75, 3.05) is 6.54 Å². The molecule has 0 unspecified atom stereocenters. The molecule has 0 radical (unpaired) electrons. The summed E-state index contributed by atoms with van der Waals surface area (Å²) in [5.74, 6) is -0.398. The molecule has 1 aliphatic rings. The zero-order valence-corrected chi connectivity index (χ0v) is 11.6. The van der Waals surface area contributed by atoms with E-state index >= 15 is 0 Å². The number of hydrogen-bond donors (Lipinski definition) is 1. The van der Waals surface area contributed by atoms with Gasteiger partial charge in [0.05, 0.1) is 0 Å². The number of benzene rings is 2. The molecule has 3 rings (SSSR count). The van der Waals surface area contributed by atoms with E-state index in [2.05, 4.69) is 12.2 Å². The highest BCUT2D eigenvalue weighted by Gasteiger charge is 2.40. The van der Waals surface area contributed by atoms with Gasteiger partial charge in [-0.15, -0.1) is 0 Å². The fourth-order valence-corrected chi connectivity index (χ4v) is 2.66. The summed E-state index contributed by atoms with van der Waals surface area (Å²) in [6.07, 6.45) is 3.47. The van der Waals surface area contributed by atoms with Crippen LogP contribution in [0.25, 0.3) is 10.8 Å². The summed E-state index contributed by atoms with van der Waals surface area (Å²) in [4.78, 5) is 12.3. The van der Waals surface area contributed by atoms with E-state index < -0.39 is 0 Å². The van der Waals surface area contributed by atoms with Crippen LogP contribution in [0.15, 0.2) is 36.4 Å². The molecule has 0 aromatic heterocycles. The molecule has 1 amide bonds. The Morgan fingerprint density at radius 1 is 1.20 bits per heavy atom. The molecule has 3 heteroatoms. The monoisotopic (exact) mass is 271 g/mol. The van der Waals surface area contributed by atoms with E-state index in [4.69, 9.17) is 0 Å². The fourth-order valence-electron chi connectivity index (χ4n) is 2.66. The van der Waals surface area contributed by atoms with Crippen molar-refractivity contribution >= 4 is 16.7 Å². The second kappa shape index (κ2) is 4.89. The average Bonchev–Trinajstić information content (AvgIpc) is 3.26. The van der Waals surface area contributed by atoms with Crippen molar-refractivity contribution in [1.29, 1.82) is 0 Å². The van der Waals surface area contributed by atoms with E-state index in [0.29, 0.717) is 28.3 Å². The summed E-state index contributed by atoms with van der Waals surface area (Å²) in [6, 6.07) is 10.0. The third-order valence-corrected chi connectivity index (χ3v) is 4.45. The molecule has 1 aliphatic carbocycles. The van der Waals surface area contributed by atoms with Gasteiger partial charge in [-0.1, -0.05) is 31.2 Å². The summed E-state index contributed by atoms with van der Waals surface area (Å²) in [6.45, 7) is 2.88. The van der Waals surface area contributed by atoms with Crippen molar-refractivity contribution in [3.05, 3.63) is 47.8 Å². The summed E-state index contributed by atoms with van der Waals surface area (Å²) in [5, 5.41) is 4.17. The number of rotatable bonds is 4. The Kier molecular flexibility index (Phi) is 3.20. The summed E-state index contributed by atoms with van der Waals surface area (Å²) < 4.78 is 13.7. The molecule has 2 aromatic rings. The SMILES string of the molecule is CCC1(CNC(=O)c2ccc(F)c3ccccc23)CC1. The summed E-state index contributed by atoms with van der Waals surface area (Å²) in [7, 11) is 0. The van der Waals surface area contributed by atoms with E-state index in [-0.39, 0.29) is 11.7 Å². The van der Waals surface area contributed by atoms with Gasteiger partial charge in [0.15, 0.2) is 0 Å². The van der Waals surface area contributed by atoms with Crippen LogP contribution in [-0.2, 0) is 0 Å². The van der Waals surface area contributed by atoms with Crippen LogP contribution in [0, 0.1) is 11.2 Å². The molecular weight excluding hydrogens is 253 g/mol. The first-order valence-electron chi connectivity index (χ1n) is 7.11. The van der Waals surface area contributed by atoms with Crippen LogP contribution in [0.3, 0.4) is 0 Å². The Balaban J connectivity index is 1.86. The highest BCUT2D eigenvalue weighted by molar-refractivity contribution is 6.07. The molecule has 104 valence electrons. The second-order valence-electron chi connectivity index (χ2n) is 5.68. The second-order valence-corrected chi connectivity index (χ2v) is 5.68. The molecule has 1 N–H and O–H groups in total. The van der Waals surface area contributed by atoms with Crippen LogP contribution in [0.2, 0.25) is 0 Å². The third kappa shape index (κ3) is 2.28. The van der Waals surface area contributed by atoms with Gasteiger partial charge in [0.25, 0.3) is 5.91 Å². The van der Waals surface area contributed by atoms with Gasteiger partial charge in [-0.2, -0.15) is 0 Å². The average molecular weight is 271 g/mol. The molecule has 2 aromatic carbocycles. The van der Waals surface area contributed by atoms with E-state index in [1.165, 1.54) is 18.9 Å². The number of fused-ring (bicyclic) bond motifs is 1. The summed E-state index contributed by atoms with van der Waals surface area (Å²) >= 11 is 0. The molecule has 1 saturated carbocycles. The molecule has 20 heavy (non-hydrogen) atoms. The number of carbonyl (C=O) groups is 1. The Labute approximate surface area is 118 Å². The molecule has 0 heterocycles. The Hall–Kier alpha value is -1.90. The lowest BCUT2D eigenvalue weighted by Crippen LogP contribution is -2.30. The molecule has 2 nitrogen and oxygen atoms in total. The number of amides is 1. The smallest absolute Gasteiger partial charge is 0.251 e. The number of nitrogens with one attached hydrogen (secondary N) is 1. The topological polar surface area (TPSA) is 29.1 Å². The minimum atomic E-state index is -0.288. The lowest BCUT2D eigenvalue weighted by atomic mass is 10.0. The third-order valence-electron chi connectivity index (χ3n) is 4.45. The minimum Gasteiger partial charge on any atom is -0.351 e. The van der Waals surface area contributed by atoms with E-state index in [1.807, 2.05) is 6.07 Å². The highest BCUT2D eigenvalue weighted by atomic mass is 19.1. The van der Waals surface area contributed by atoms with Crippen molar-refractivity contribution in [1.82, 2.24) is 5.32 Å². The minimum absolute atomic E-state index is 0.110. The van der Waals surface area contributed by atoms with Crippen LogP contribution >= 0.6 is 0 Å². The van der Waals surface area contributed by atoms with E-state index in [9.17, 15) is 9.18 Å². The quantitative estimate of drug-likeness (QED) is 0.897. The molecule has 0 bridgehead atoms. The molecule has 0 spiro atoms. The Morgan fingerprint density at radius 3 is 2.55 bits per heavy atom. The zero-order chi connectivity index (χ0) is 14.2. The largest absolute Gasteiger partial charge is 0.351 e. The van der Waals surface area contributed by atoms with Gasteiger partial charge in [-0.3, -0.25) is 4.79 Å². The van der Waals surface area contributed by atoms with Crippen molar-refractivity contribution in [2.45, 2.75) is 26.2 Å². The van der Waals surface area contributed by atoms with Crippen molar-refractivity contribution < 1.29 is 9.18 Å². The first-order chi connectivity index (χ1) is 9.65. The predicted octanol–water partition coefficient (Wildman–Crippen LogP) is 3.90. The molecule has 0 aliphatic heterocycles.